The minimum Gasteiger partial charge on any atom is -0.493 e. The number of anilines is 1. The van der Waals surface area contributed by atoms with Crippen LogP contribution >= 0.6 is 0 Å². The number of nitrogens with zero attached hydrogens (tertiary/aromatic N) is 1. The highest BCUT2D eigenvalue weighted by atomic mass is 16.5. The molecule has 2 atom stereocenters. The molecule has 1 aliphatic rings. The average molecular weight is 383 g/mol. The van der Waals surface area contributed by atoms with Gasteiger partial charge in [-0.25, -0.2) is 4.79 Å². The average Bonchev–Trinajstić information content (AvgIpc) is 3.21. The van der Waals surface area contributed by atoms with Gasteiger partial charge < -0.3 is 25.0 Å². The van der Waals surface area contributed by atoms with Gasteiger partial charge in [0.05, 0.1) is 20.3 Å². The van der Waals surface area contributed by atoms with E-state index in [-0.39, 0.29) is 12.1 Å². The van der Waals surface area contributed by atoms with Crippen LogP contribution in [-0.2, 0) is 0 Å². The minimum absolute atomic E-state index is 0.135. The Labute approximate surface area is 166 Å². The van der Waals surface area contributed by atoms with Crippen LogP contribution in [0, 0.1) is 5.92 Å². The molecule has 0 bridgehead atoms. The van der Waals surface area contributed by atoms with Crippen LogP contribution in [0.3, 0.4) is 0 Å². The summed E-state index contributed by atoms with van der Waals surface area (Å²) in [6, 6.07) is 15.8. The number of carbonyl (C=O) groups is 1. The topological polar surface area (TPSA) is 62.8 Å². The van der Waals surface area contributed by atoms with E-state index in [1.165, 1.54) is 5.69 Å². The van der Waals surface area contributed by atoms with Gasteiger partial charge in [0.15, 0.2) is 11.5 Å². The van der Waals surface area contributed by atoms with Crippen LogP contribution in [0.4, 0.5) is 10.5 Å². The summed E-state index contributed by atoms with van der Waals surface area (Å²) in [7, 11) is 3.21. The van der Waals surface area contributed by atoms with Crippen LogP contribution in [-0.4, -0.2) is 39.9 Å². The summed E-state index contributed by atoms with van der Waals surface area (Å²) in [5.74, 6) is 1.79. The van der Waals surface area contributed by atoms with E-state index in [9.17, 15) is 4.79 Å². The van der Waals surface area contributed by atoms with Crippen molar-refractivity contribution in [1.29, 1.82) is 0 Å². The lowest BCUT2D eigenvalue weighted by Crippen LogP contribution is -2.40. The molecule has 1 fully saturated rings. The van der Waals surface area contributed by atoms with Gasteiger partial charge in [-0.1, -0.05) is 24.3 Å². The number of hydrogen-bond donors (Lipinski definition) is 2. The Hall–Kier alpha value is -2.89. The van der Waals surface area contributed by atoms with Crippen molar-refractivity contribution >= 4 is 11.7 Å². The maximum atomic E-state index is 12.3. The van der Waals surface area contributed by atoms with Gasteiger partial charge in [0.2, 0.25) is 0 Å². The maximum absolute atomic E-state index is 12.3. The van der Waals surface area contributed by atoms with E-state index in [4.69, 9.17) is 9.47 Å². The fraction of sp³-hybridized carbons (Fsp3) is 0.409. The van der Waals surface area contributed by atoms with Crippen molar-refractivity contribution in [1.82, 2.24) is 10.6 Å². The van der Waals surface area contributed by atoms with E-state index in [0.717, 1.165) is 25.1 Å². The number of rotatable bonds is 7. The number of hydrogen-bond acceptors (Lipinski definition) is 4. The highest BCUT2D eigenvalue weighted by Gasteiger charge is 2.23. The summed E-state index contributed by atoms with van der Waals surface area (Å²) < 4.78 is 10.6. The van der Waals surface area contributed by atoms with Crippen molar-refractivity contribution < 1.29 is 14.3 Å². The molecular weight excluding hydrogens is 354 g/mol. The molecule has 2 N–H and O–H groups in total. The van der Waals surface area contributed by atoms with Gasteiger partial charge in [-0.3, -0.25) is 0 Å². The highest BCUT2D eigenvalue weighted by molar-refractivity contribution is 5.74. The normalized spacial score (nSPS) is 17.1. The first-order valence-electron chi connectivity index (χ1n) is 9.67. The standard InChI is InChI=1S/C22H29N3O3/c1-16(18-9-10-20(27-2)21(13-18)28-3)24-22(26)23-14-17-11-12-25(15-17)19-7-5-4-6-8-19/h4-10,13,16-17H,11-12,14-15H2,1-3H3,(H2,23,24,26). The van der Waals surface area contributed by atoms with E-state index >= 15 is 0 Å². The summed E-state index contributed by atoms with van der Waals surface area (Å²) in [5, 5.41) is 6.01. The van der Waals surface area contributed by atoms with Crippen LogP contribution < -0.4 is 25.0 Å². The van der Waals surface area contributed by atoms with E-state index in [2.05, 4.69) is 39.8 Å². The lowest BCUT2D eigenvalue weighted by atomic mass is 10.1. The zero-order valence-corrected chi connectivity index (χ0v) is 16.8. The summed E-state index contributed by atoms with van der Waals surface area (Å²) in [4.78, 5) is 14.7. The summed E-state index contributed by atoms with van der Waals surface area (Å²) in [6.45, 7) is 4.62. The quantitative estimate of drug-likeness (QED) is 0.767. The van der Waals surface area contributed by atoms with Crippen LogP contribution in [0.1, 0.15) is 24.9 Å². The summed E-state index contributed by atoms with van der Waals surface area (Å²) in [5.41, 5.74) is 2.21. The Morgan fingerprint density at radius 3 is 2.61 bits per heavy atom. The molecule has 2 aromatic rings. The van der Waals surface area contributed by atoms with Gasteiger partial charge in [-0.05, 0) is 49.1 Å². The van der Waals surface area contributed by atoms with Crippen molar-refractivity contribution in [2.45, 2.75) is 19.4 Å². The predicted molar refractivity (Wildman–Crippen MR) is 111 cm³/mol. The minimum atomic E-state index is -0.152. The van der Waals surface area contributed by atoms with Crippen LogP contribution in [0.2, 0.25) is 0 Å². The molecule has 3 rings (SSSR count). The molecule has 2 aromatic carbocycles. The van der Waals surface area contributed by atoms with Crippen molar-refractivity contribution in [3.8, 4) is 11.5 Å². The number of amides is 2. The smallest absolute Gasteiger partial charge is 0.315 e. The molecule has 6 heteroatoms. The monoisotopic (exact) mass is 383 g/mol. The molecule has 0 aliphatic carbocycles. The van der Waals surface area contributed by atoms with E-state index in [1.807, 2.05) is 31.2 Å². The number of urea groups is 1. The van der Waals surface area contributed by atoms with Crippen molar-refractivity contribution in [3.05, 3.63) is 54.1 Å². The molecule has 0 saturated carbocycles. The Balaban J connectivity index is 1.47. The number of ether oxygens (including phenoxy) is 2. The lowest BCUT2D eigenvalue weighted by Gasteiger charge is -2.20. The fourth-order valence-corrected chi connectivity index (χ4v) is 3.56. The number of para-hydroxylation sites is 1. The number of benzene rings is 2. The molecule has 2 unspecified atom stereocenters. The lowest BCUT2D eigenvalue weighted by molar-refractivity contribution is 0.236. The first-order chi connectivity index (χ1) is 13.6. The molecule has 2 amide bonds. The maximum Gasteiger partial charge on any atom is 0.315 e. The van der Waals surface area contributed by atoms with Crippen LogP contribution in [0.25, 0.3) is 0 Å². The largest absolute Gasteiger partial charge is 0.493 e. The van der Waals surface area contributed by atoms with Gasteiger partial charge in [0.25, 0.3) is 0 Å². The zero-order valence-electron chi connectivity index (χ0n) is 16.8. The number of nitrogens with one attached hydrogen (secondary N) is 2. The predicted octanol–water partition coefficient (Wildman–Crippen LogP) is 3.59. The van der Waals surface area contributed by atoms with Gasteiger partial charge in [-0.2, -0.15) is 0 Å². The van der Waals surface area contributed by atoms with Gasteiger partial charge >= 0.3 is 6.03 Å². The molecule has 28 heavy (non-hydrogen) atoms. The highest BCUT2D eigenvalue weighted by Crippen LogP contribution is 2.29. The van der Waals surface area contributed by atoms with Crippen molar-refractivity contribution in [3.63, 3.8) is 0 Å². The molecule has 1 aliphatic heterocycles. The SMILES string of the molecule is COc1ccc(C(C)NC(=O)NCC2CCN(c3ccccc3)C2)cc1OC. The molecule has 6 nitrogen and oxygen atoms in total. The first kappa shape index (κ1) is 19.9. The Kier molecular flexibility index (Phi) is 6.63. The second-order valence-corrected chi connectivity index (χ2v) is 7.13. The van der Waals surface area contributed by atoms with Crippen LogP contribution in [0.5, 0.6) is 11.5 Å². The second-order valence-electron chi connectivity index (χ2n) is 7.13. The fourth-order valence-electron chi connectivity index (χ4n) is 3.56. The third-order valence-corrected chi connectivity index (χ3v) is 5.21. The van der Waals surface area contributed by atoms with E-state index < -0.39 is 0 Å². The van der Waals surface area contributed by atoms with Crippen molar-refractivity contribution in [2.24, 2.45) is 5.92 Å². The van der Waals surface area contributed by atoms with Crippen molar-refractivity contribution in [2.75, 3.05) is 38.8 Å². The zero-order chi connectivity index (χ0) is 19.9. The molecule has 1 heterocycles. The Morgan fingerprint density at radius 1 is 1.14 bits per heavy atom. The third-order valence-electron chi connectivity index (χ3n) is 5.21. The molecule has 0 radical (unpaired) electrons. The van der Waals surface area contributed by atoms with Crippen LogP contribution in [0.15, 0.2) is 48.5 Å². The molecule has 0 aromatic heterocycles. The van der Waals surface area contributed by atoms with Gasteiger partial charge in [0.1, 0.15) is 0 Å². The molecule has 1 saturated heterocycles. The molecule has 0 spiro atoms. The number of carbonyl (C=O) groups excluding carboxylic acids is 1. The first-order valence-corrected chi connectivity index (χ1v) is 9.67. The van der Waals surface area contributed by atoms with E-state index in [1.54, 1.807) is 14.2 Å². The number of methoxy groups -OCH3 is 2. The van der Waals surface area contributed by atoms with Gasteiger partial charge in [-0.15, -0.1) is 0 Å². The Morgan fingerprint density at radius 2 is 1.89 bits per heavy atom. The van der Waals surface area contributed by atoms with Gasteiger partial charge in [0, 0.05) is 25.3 Å². The van der Waals surface area contributed by atoms with E-state index in [0.29, 0.717) is 24.0 Å². The Bertz CT molecular complexity index is 782. The summed E-state index contributed by atoms with van der Waals surface area (Å²) >= 11 is 0. The third kappa shape index (κ3) is 4.88. The molecular formula is C22H29N3O3. The summed E-state index contributed by atoms with van der Waals surface area (Å²) in [6.07, 6.45) is 1.08. The second kappa shape index (κ2) is 9.35. The molecule has 150 valence electrons.